The van der Waals surface area contributed by atoms with Gasteiger partial charge < -0.3 is 11.1 Å². The molecule has 0 radical (unpaired) electrons. The van der Waals surface area contributed by atoms with Crippen LogP contribution in [0, 0.1) is 0 Å². The molecule has 0 bridgehead atoms. The maximum absolute atomic E-state index is 12.0. The second-order valence-electron chi connectivity index (χ2n) is 6.15. The van der Waals surface area contributed by atoms with E-state index in [1.54, 1.807) is 11.3 Å². The number of hydrogen-bond acceptors (Lipinski definition) is 6. The van der Waals surface area contributed by atoms with E-state index < -0.39 is 0 Å². The van der Waals surface area contributed by atoms with Crippen molar-refractivity contribution in [2.75, 3.05) is 11.5 Å². The molecule has 0 fully saturated rings. The zero-order valence-corrected chi connectivity index (χ0v) is 15.9. The van der Waals surface area contributed by atoms with Crippen molar-refractivity contribution < 1.29 is 4.79 Å². The molecule has 0 atom stereocenters. The molecule has 2 aromatic rings. The number of fused-ring (bicyclic) bond motifs is 3. The minimum absolute atomic E-state index is 0.0291. The largest absolute Gasteiger partial charge is 0.383 e. The summed E-state index contributed by atoms with van der Waals surface area (Å²) >= 11 is 3.09. The highest BCUT2D eigenvalue weighted by molar-refractivity contribution is 7.99. The number of hydrogen-bond donors (Lipinski definition) is 2. The lowest BCUT2D eigenvalue weighted by Gasteiger charge is -2.14. The molecule has 0 saturated heterocycles. The molecule has 0 unspecified atom stereocenters. The molecule has 1 aliphatic rings. The molecule has 7 heteroatoms. The lowest BCUT2D eigenvalue weighted by atomic mass is 9.97. The van der Waals surface area contributed by atoms with Crippen molar-refractivity contribution in [2.24, 2.45) is 0 Å². The minimum Gasteiger partial charge on any atom is -0.383 e. The number of amides is 1. The predicted molar refractivity (Wildman–Crippen MR) is 102 cm³/mol. The summed E-state index contributed by atoms with van der Waals surface area (Å²) in [6.45, 7) is 4.16. The van der Waals surface area contributed by atoms with Crippen molar-refractivity contribution in [3.63, 3.8) is 0 Å². The smallest absolute Gasteiger partial charge is 0.230 e. The Bertz CT molecular complexity index is 740. The zero-order valence-electron chi connectivity index (χ0n) is 14.2. The molecule has 3 rings (SSSR count). The highest BCUT2D eigenvalue weighted by Gasteiger charge is 2.20. The third kappa shape index (κ3) is 3.67. The van der Waals surface area contributed by atoms with Crippen molar-refractivity contribution in [1.29, 1.82) is 0 Å². The molecule has 0 aromatic carbocycles. The molecule has 24 heavy (non-hydrogen) atoms. The maximum Gasteiger partial charge on any atom is 0.230 e. The highest BCUT2D eigenvalue weighted by atomic mass is 32.2. The Labute approximate surface area is 150 Å². The number of thiophene rings is 1. The number of nitrogens with one attached hydrogen (secondary N) is 1. The topological polar surface area (TPSA) is 80.9 Å². The van der Waals surface area contributed by atoms with E-state index in [4.69, 9.17) is 5.73 Å². The lowest BCUT2D eigenvalue weighted by molar-refractivity contribution is -0.119. The third-order valence-electron chi connectivity index (χ3n) is 4.51. The molecule has 1 aliphatic carbocycles. The average molecular weight is 365 g/mol. The predicted octanol–water partition coefficient (Wildman–Crippen LogP) is 3.55. The van der Waals surface area contributed by atoms with Gasteiger partial charge in [0.1, 0.15) is 10.6 Å². The van der Waals surface area contributed by atoms with Crippen LogP contribution in [0.1, 0.15) is 50.0 Å². The van der Waals surface area contributed by atoms with Gasteiger partial charge in [-0.2, -0.15) is 0 Å². The molecular weight excluding hydrogens is 340 g/mol. The van der Waals surface area contributed by atoms with Gasteiger partial charge in [0.25, 0.3) is 0 Å². The van der Waals surface area contributed by atoms with E-state index in [9.17, 15) is 4.79 Å². The Hall–Kier alpha value is -1.34. The monoisotopic (exact) mass is 364 g/mol. The number of rotatable bonds is 6. The molecule has 1 amide bonds. The summed E-state index contributed by atoms with van der Waals surface area (Å²) < 4.78 is 0. The van der Waals surface area contributed by atoms with Crippen LogP contribution in [0.4, 0.5) is 5.82 Å². The quantitative estimate of drug-likeness (QED) is 0.605. The van der Waals surface area contributed by atoms with Gasteiger partial charge in [-0.1, -0.05) is 25.6 Å². The van der Waals surface area contributed by atoms with Crippen LogP contribution in [0.25, 0.3) is 10.2 Å². The van der Waals surface area contributed by atoms with Crippen molar-refractivity contribution in [2.45, 2.75) is 63.6 Å². The zero-order chi connectivity index (χ0) is 17.1. The summed E-state index contributed by atoms with van der Waals surface area (Å²) in [6.07, 6.45) is 6.55. The average Bonchev–Trinajstić information content (AvgIpc) is 2.96. The Morgan fingerprint density at radius 3 is 2.79 bits per heavy atom. The Morgan fingerprint density at radius 2 is 2.04 bits per heavy atom. The van der Waals surface area contributed by atoms with Gasteiger partial charge in [0.05, 0.1) is 11.1 Å². The van der Waals surface area contributed by atoms with E-state index >= 15 is 0 Å². The van der Waals surface area contributed by atoms with Crippen LogP contribution >= 0.6 is 23.1 Å². The summed E-state index contributed by atoms with van der Waals surface area (Å²) in [7, 11) is 0. The molecular formula is C17H24N4OS2. The number of aromatic nitrogens is 2. The second kappa shape index (κ2) is 7.70. The molecule has 3 N–H and O–H groups in total. The Balaban J connectivity index is 1.73. The Kier molecular flexibility index (Phi) is 5.61. The summed E-state index contributed by atoms with van der Waals surface area (Å²) in [5, 5.41) is 4.67. The molecule has 0 saturated carbocycles. The number of nitrogen functional groups attached to an aromatic ring is 1. The molecule has 0 spiro atoms. The third-order valence-corrected chi connectivity index (χ3v) is 6.54. The maximum atomic E-state index is 12.0. The van der Waals surface area contributed by atoms with Gasteiger partial charge >= 0.3 is 0 Å². The number of carbonyl (C=O) groups excluding carboxylic acids is 1. The summed E-state index contributed by atoms with van der Waals surface area (Å²) in [4.78, 5) is 23.5. The molecule has 130 valence electrons. The van der Waals surface area contributed by atoms with Gasteiger partial charge in [-0.3, -0.25) is 4.79 Å². The van der Waals surface area contributed by atoms with Crippen LogP contribution < -0.4 is 11.1 Å². The van der Waals surface area contributed by atoms with Crippen molar-refractivity contribution >= 4 is 45.0 Å². The summed E-state index contributed by atoms with van der Waals surface area (Å²) in [5.74, 6) is 0.913. The van der Waals surface area contributed by atoms with Crippen LogP contribution in [-0.4, -0.2) is 27.7 Å². The standard InChI is InChI=1S/C17H24N4OS2/c1-3-10(4-2)19-13(22)9-23-17-20-15(18)14-11-7-5-6-8-12(11)24-16(14)21-17/h10H,3-9H2,1-2H3,(H,19,22)(H2,18,20,21). The number of carbonyl (C=O) groups is 1. The van der Waals surface area contributed by atoms with Crippen LogP contribution in [0.3, 0.4) is 0 Å². The van der Waals surface area contributed by atoms with E-state index in [0.29, 0.717) is 16.7 Å². The number of aryl methyl sites for hydroxylation is 2. The van der Waals surface area contributed by atoms with Gasteiger partial charge in [-0.25, -0.2) is 9.97 Å². The summed E-state index contributed by atoms with van der Waals surface area (Å²) in [6, 6.07) is 0.246. The minimum atomic E-state index is 0.0291. The van der Waals surface area contributed by atoms with Gasteiger partial charge in [0, 0.05) is 10.9 Å². The number of nitrogens with two attached hydrogens (primary N) is 1. The highest BCUT2D eigenvalue weighted by Crippen LogP contribution is 2.38. The van der Waals surface area contributed by atoms with Crippen LogP contribution in [0.2, 0.25) is 0 Å². The first-order valence-electron chi connectivity index (χ1n) is 8.62. The van der Waals surface area contributed by atoms with Gasteiger partial charge in [0.2, 0.25) is 5.91 Å². The van der Waals surface area contributed by atoms with E-state index in [0.717, 1.165) is 35.9 Å². The fraction of sp³-hybridized carbons (Fsp3) is 0.588. The SMILES string of the molecule is CCC(CC)NC(=O)CSc1nc(N)c2c3c(sc2n1)CCCC3. The van der Waals surface area contributed by atoms with Crippen molar-refractivity contribution in [1.82, 2.24) is 15.3 Å². The van der Waals surface area contributed by atoms with Gasteiger partial charge in [-0.05, 0) is 44.1 Å². The van der Waals surface area contributed by atoms with E-state index in [-0.39, 0.29) is 11.9 Å². The number of anilines is 1. The van der Waals surface area contributed by atoms with Crippen LogP contribution in [0.15, 0.2) is 5.16 Å². The normalized spacial score (nSPS) is 14.1. The fourth-order valence-corrected chi connectivity index (χ4v) is 5.11. The first-order chi connectivity index (χ1) is 11.6. The first kappa shape index (κ1) is 17.5. The van der Waals surface area contributed by atoms with Crippen molar-refractivity contribution in [3.8, 4) is 0 Å². The van der Waals surface area contributed by atoms with Crippen molar-refractivity contribution in [3.05, 3.63) is 10.4 Å². The van der Waals surface area contributed by atoms with Gasteiger partial charge in [-0.15, -0.1) is 11.3 Å². The first-order valence-corrected chi connectivity index (χ1v) is 10.4. The fourth-order valence-electron chi connectivity index (χ4n) is 3.12. The van der Waals surface area contributed by atoms with E-state index in [2.05, 4.69) is 29.1 Å². The molecule has 2 heterocycles. The van der Waals surface area contributed by atoms with Crippen LogP contribution in [0.5, 0.6) is 0 Å². The van der Waals surface area contributed by atoms with E-state index in [1.165, 1.54) is 35.0 Å². The molecule has 2 aromatic heterocycles. The molecule has 0 aliphatic heterocycles. The Morgan fingerprint density at radius 1 is 1.29 bits per heavy atom. The lowest BCUT2D eigenvalue weighted by Crippen LogP contribution is -2.35. The number of thioether (sulfide) groups is 1. The number of nitrogens with zero attached hydrogens (tertiary/aromatic N) is 2. The second-order valence-corrected chi connectivity index (χ2v) is 8.18. The van der Waals surface area contributed by atoms with Gasteiger partial charge in [0.15, 0.2) is 5.16 Å². The summed E-state index contributed by atoms with van der Waals surface area (Å²) in [5.41, 5.74) is 7.55. The molecule has 5 nitrogen and oxygen atoms in total. The van der Waals surface area contributed by atoms with E-state index in [1.807, 2.05) is 0 Å². The van der Waals surface area contributed by atoms with Crippen LogP contribution in [-0.2, 0) is 17.6 Å².